The molecule has 2 heterocycles. The fraction of sp³-hybridized carbons (Fsp3) is 0.0667. The van der Waals surface area contributed by atoms with Crippen LogP contribution in [0.4, 0.5) is 13.2 Å². The molecule has 1 aromatic carbocycles. The molecule has 4 nitrogen and oxygen atoms in total. The quantitative estimate of drug-likeness (QED) is 0.718. The third-order valence-corrected chi connectivity index (χ3v) is 3.03. The molecule has 110 valence electrons. The Kier molecular flexibility index (Phi) is 3.22. The Labute approximate surface area is 123 Å². The van der Waals surface area contributed by atoms with E-state index in [0.717, 1.165) is 10.7 Å². The number of aromatic nitrogens is 2. The van der Waals surface area contributed by atoms with Crippen LogP contribution in [0.3, 0.4) is 0 Å². The molecular weight excluding hydrogens is 295 g/mol. The largest absolute Gasteiger partial charge is 0.463 e. The summed E-state index contributed by atoms with van der Waals surface area (Å²) in [5.74, 6) is 0.221. The first kappa shape index (κ1) is 13.9. The Hall–Kier alpha value is -3.01. The number of benzene rings is 1. The summed E-state index contributed by atoms with van der Waals surface area (Å²) < 4.78 is 45.6. The fourth-order valence-corrected chi connectivity index (χ4v) is 2.06. The smallest absolute Gasteiger partial charge is 0.433 e. The minimum absolute atomic E-state index is 0.0464. The summed E-state index contributed by atoms with van der Waals surface area (Å²) in [5, 5.41) is 13.0. The van der Waals surface area contributed by atoms with Crippen molar-refractivity contribution in [3.05, 3.63) is 60.0 Å². The fourth-order valence-electron chi connectivity index (χ4n) is 2.06. The summed E-state index contributed by atoms with van der Waals surface area (Å²) in [7, 11) is 0. The van der Waals surface area contributed by atoms with Gasteiger partial charge in [-0.25, -0.2) is 4.68 Å². The Morgan fingerprint density at radius 3 is 2.55 bits per heavy atom. The first-order chi connectivity index (χ1) is 10.5. The lowest BCUT2D eigenvalue weighted by Crippen LogP contribution is -2.14. The molecule has 0 amide bonds. The number of rotatable bonds is 2. The average Bonchev–Trinajstić information content (AvgIpc) is 3.15. The number of furan rings is 1. The summed E-state index contributed by atoms with van der Waals surface area (Å²) in [6.45, 7) is 0. The van der Waals surface area contributed by atoms with Crippen LogP contribution >= 0.6 is 0 Å². The molecule has 0 fully saturated rings. The standard InChI is InChI=1S/C15H8F3N3O/c16-15(17,18)14-8-11(13-6-3-7-22-13)20-21(14)12-5-2-1-4-10(12)9-19/h1-8H. The monoisotopic (exact) mass is 303 g/mol. The van der Waals surface area contributed by atoms with E-state index in [2.05, 4.69) is 5.10 Å². The van der Waals surface area contributed by atoms with E-state index >= 15 is 0 Å². The normalized spacial score (nSPS) is 11.4. The van der Waals surface area contributed by atoms with E-state index in [1.807, 2.05) is 6.07 Å². The highest BCUT2D eigenvalue weighted by Crippen LogP contribution is 2.34. The van der Waals surface area contributed by atoms with Crippen molar-refractivity contribution < 1.29 is 17.6 Å². The second-order valence-corrected chi connectivity index (χ2v) is 4.43. The Balaban J connectivity index is 2.24. The van der Waals surface area contributed by atoms with E-state index in [-0.39, 0.29) is 22.7 Å². The topological polar surface area (TPSA) is 54.8 Å². The van der Waals surface area contributed by atoms with Gasteiger partial charge < -0.3 is 4.42 Å². The predicted octanol–water partition coefficient (Wildman–Crippen LogP) is 4.02. The number of alkyl halides is 3. The summed E-state index contributed by atoms with van der Waals surface area (Å²) in [5.41, 5.74) is -0.760. The van der Waals surface area contributed by atoms with Crippen molar-refractivity contribution in [3.63, 3.8) is 0 Å². The average molecular weight is 303 g/mol. The van der Waals surface area contributed by atoms with Gasteiger partial charge in [-0.1, -0.05) is 12.1 Å². The molecule has 0 unspecified atom stereocenters. The van der Waals surface area contributed by atoms with Gasteiger partial charge in [-0.15, -0.1) is 0 Å². The highest BCUT2D eigenvalue weighted by molar-refractivity contribution is 5.56. The van der Waals surface area contributed by atoms with Gasteiger partial charge in [0.15, 0.2) is 5.76 Å². The summed E-state index contributed by atoms with van der Waals surface area (Å²) in [6, 6.07) is 11.8. The van der Waals surface area contributed by atoms with Gasteiger partial charge in [0.1, 0.15) is 17.5 Å². The Morgan fingerprint density at radius 1 is 1.14 bits per heavy atom. The molecule has 0 radical (unpaired) electrons. The Morgan fingerprint density at radius 2 is 1.91 bits per heavy atom. The van der Waals surface area contributed by atoms with Crippen LogP contribution in [0.1, 0.15) is 11.3 Å². The molecule has 0 spiro atoms. The van der Waals surface area contributed by atoms with Crippen molar-refractivity contribution in [3.8, 4) is 23.2 Å². The molecule has 0 N–H and O–H groups in total. The van der Waals surface area contributed by atoms with E-state index in [0.29, 0.717) is 0 Å². The number of hydrogen-bond donors (Lipinski definition) is 0. The number of para-hydroxylation sites is 1. The maximum atomic E-state index is 13.3. The zero-order valence-corrected chi connectivity index (χ0v) is 11.0. The minimum atomic E-state index is -4.61. The van der Waals surface area contributed by atoms with Gasteiger partial charge in [0.25, 0.3) is 0 Å². The molecule has 0 aliphatic heterocycles. The van der Waals surface area contributed by atoms with Crippen molar-refractivity contribution >= 4 is 0 Å². The van der Waals surface area contributed by atoms with Gasteiger partial charge in [-0.05, 0) is 24.3 Å². The van der Waals surface area contributed by atoms with Crippen LogP contribution in [0.2, 0.25) is 0 Å². The predicted molar refractivity (Wildman–Crippen MR) is 71.0 cm³/mol. The highest BCUT2D eigenvalue weighted by atomic mass is 19.4. The maximum Gasteiger partial charge on any atom is 0.433 e. The molecule has 0 saturated carbocycles. The first-order valence-electron chi connectivity index (χ1n) is 6.21. The molecule has 2 aromatic heterocycles. The summed E-state index contributed by atoms with van der Waals surface area (Å²) in [6.07, 6.45) is -3.26. The van der Waals surface area contributed by atoms with Crippen LogP contribution in [0.15, 0.2) is 53.1 Å². The third-order valence-electron chi connectivity index (χ3n) is 3.03. The number of hydrogen-bond acceptors (Lipinski definition) is 3. The van der Waals surface area contributed by atoms with E-state index in [4.69, 9.17) is 9.68 Å². The molecule has 3 aromatic rings. The molecule has 0 bridgehead atoms. The lowest BCUT2D eigenvalue weighted by atomic mass is 10.2. The molecule has 0 atom stereocenters. The third kappa shape index (κ3) is 2.35. The van der Waals surface area contributed by atoms with Crippen LogP contribution < -0.4 is 0 Å². The van der Waals surface area contributed by atoms with Gasteiger partial charge in [0, 0.05) is 6.07 Å². The van der Waals surface area contributed by atoms with Gasteiger partial charge in [0.05, 0.1) is 17.5 Å². The van der Waals surface area contributed by atoms with Crippen molar-refractivity contribution in [1.29, 1.82) is 5.26 Å². The first-order valence-corrected chi connectivity index (χ1v) is 6.21. The molecule has 22 heavy (non-hydrogen) atoms. The zero-order chi connectivity index (χ0) is 15.7. The van der Waals surface area contributed by atoms with Gasteiger partial charge in [-0.3, -0.25) is 0 Å². The van der Waals surface area contributed by atoms with Crippen molar-refractivity contribution in [2.24, 2.45) is 0 Å². The number of nitriles is 1. The maximum absolute atomic E-state index is 13.3. The van der Waals surface area contributed by atoms with Crippen LogP contribution in [-0.4, -0.2) is 9.78 Å². The van der Waals surface area contributed by atoms with E-state index in [1.165, 1.54) is 24.5 Å². The van der Waals surface area contributed by atoms with Crippen molar-refractivity contribution in [2.45, 2.75) is 6.18 Å². The summed E-state index contributed by atoms with van der Waals surface area (Å²) >= 11 is 0. The van der Waals surface area contributed by atoms with E-state index < -0.39 is 11.9 Å². The lowest BCUT2D eigenvalue weighted by molar-refractivity contribution is -0.142. The van der Waals surface area contributed by atoms with E-state index in [1.54, 1.807) is 18.2 Å². The van der Waals surface area contributed by atoms with Gasteiger partial charge >= 0.3 is 6.18 Å². The molecule has 7 heteroatoms. The molecule has 0 saturated heterocycles. The number of halogens is 3. The van der Waals surface area contributed by atoms with Crippen molar-refractivity contribution in [1.82, 2.24) is 9.78 Å². The van der Waals surface area contributed by atoms with Crippen molar-refractivity contribution in [2.75, 3.05) is 0 Å². The van der Waals surface area contributed by atoms with Crippen LogP contribution in [0.25, 0.3) is 17.1 Å². The summed E-state index contributed by atoms with van der Waals surface area (Å²) in [4.78, 5) is 0. The van der Waals surface area contributed by atoms with Crippen LogP contribution in [0.5, 0.6) is 0 Å². The molecule has 0 aliphatic carbocycles. The van der Waals surface area contributed by atoms with Crippen LogP contribution in [0, 0.1) is 11.3 Å². The molecule has 3 rings (SSSR count). The minimum Gasteiger partial charge on any atom is -0.463 e. The van der Waals surface area contributed by atoms with Crippen LogP contribution in [-0.2, 0) is 6.18 Å². The van der Waals surface area contributed by atoms with E-state index in [9.17, 15) is 13.2 Å². The zero-order valence-electron chi connectivity index (χ0n) is 11.0. The second kappa shape index (κ2) is 5.07. The molecular formula is C15H8F3N3O. The highest BCUT2D eigenvalue weighted by Gasteiger charge is 2.37. The van der Waals surface area contributed by atoms with Gasteiger partial charge in [0.2, 0.25) is 0 Å². The molecule has 0 aliphatic rings. The number of nitrogens with zero attached hydrogens (tertiary/aromatic N) is 3. The second-order valence-electron chi connectivity index (χ2n) is 4.43. The Bertz CT molecular complexity index is 842. The lowest BCUT2D eigenvalue weighted by Gasteiger charge is -2.10. The SMILES string of the molecule is N#Cc1ccccc1-n1nc(-c2ccco2)cc1C(F)(F)F. The van der Waals surface area contributed by atoms with Gasteiger partial charge in [-0.2, -0.15) is 23.5 Å².